The minimum atomic E-state index is -0.887. The van der Waals surface area contributed by atoms with Gasteiger partial charge in [-0.25, -0.2) is 0 Å². The Balaban J connectivity index is 2.17. The number of aliphatic imine (C=N–C) groups is 1. The van der Waals surface area contributed by atoms with Crippen LogP contribution in [0.3, 0.4) is 0 Å². The Morgan fingerprint density at radius 1 is 1.58 bits per heavy atom. The summed E-state index contributed by atoms with van der Waals surface area (Å²) in [6.07, 6.45) is 1.46. The van der Waals surface area contributed by atoms with Crippen LogP contribution in [0.2, 0.25) is 0 Å². The number of carbonyl (C=O) groups excluding carboxylic acids is 1. The Bertz CT molecular complexity index is 243. The highest BCUT2D eigenvalue weighted by Gasteiger charge is 2.47. The van der Waals surface area contributed by atoms with Crippen molar-refractivity contribution in [3.63, 3.8) is 0 Å². The molecule has 5 nitrogen and oxygen atoms in total. The Kier molecular flexibility index (Phi) is 1.54. The van der Waals surface area contributed by atoms with Crippen LogP contribution >= 0.6 is 0 Å². The molecule has 1 fully saturated rings. The van der Waals surface area contributed by atoms with Crippen molar-refractivity contribution in [3.05, 3.63) is 0 Å². The van der Waals surface area contributed by atoms with Crippen LogP contribution in [0.15, 0.2) is 4.99 Å². The molecule has 0 aromatic carbocycles. The Labute approximate surface area is 69.5 Å². The second-order valence-corrected chi connectivity index (χ2v) is 3.01. The van der Waals surface area contributed by atoms with Gasteiger partial charge in [-0.1, -0.05) is 0 Å². The molecule has 0 radical (unpaired) electrons. The van der Waals surface area contributed by atoms with E-state index < -0.39 is 5.60 Å². The topological polar surface area (TPSA) is 73.9 Å². The van der Waals surface area contributed by atoms with Crippen molar-refractivity contribution in [2.45, 2.75) is 18.4 Å². The summed E-state index contributed by atoms with van der Waals surface area (Å²) in [5, 5.41) is 0. The van der Waals surface area contributed by atoms with Gasteiger partial charge < -0.3 is 15.2 Å². The molecule has 0 bridgehead atoms. The predicted molar refractivity (Wildman–Crippen MR) is 40.5 cm³/mol. The maximum Gasteiger partial charge on any atom is 0.296 e. The largest absolute Gasteiger partial charge is 0.446 e. The first-order valence-electron chi connectivity index (χ1n) is 3.88. The zero-order chi connectivity index (χ0) is 8.60. The molecule has 1 spiro atoms. The van der Waals surface area contributed by atoms with E-state index in [2.05, 4.69) is 4.99 Å². The Hall–Kier alpha value is -1.10. The highest BCUT2D eigenvalue weighted by Crippen LogP contribution is 2.28. The van der Waals surface area contributed by atoms with Gasteiger partial charge in [-0.2, -0.15) is 4.99 Å². The molecule has 0 saturated carbocycles. The zero-order valence-corrected chi connectivity index (χ0v) is 6.58. The van der Waals surface area contributed by atoms with Crippen molar-refractivity contribution >= 4 is 11.9 Å². The highest BCUT2D eigenvalue weighted by molar-refractivity contribution is 6.00. The highest BCUT2D eigenvalue weighted by atomic mass is 16.6. The van der Waals surface area contributed by atoms with E-state index in [-0.39, 0.29) is 18.5 Å². The lowest BCUT2D eigenvalue weighted by Gasteiger charge is -2.29. The Morgan fingerprint density at radius 3 is 2.92 bits per heavy atom. The van der Waals surface area contributed by atoms with Crippen LogP contribution in [0.1, 0.15) is 12.8 Å². The first-order chi connectivity index (χ1) is 5.73. The third-order valence-electron chi connectivity index (χ3n) is 2.11. The number of amides is 1. The van der Waals surface area contributed by atoms with Gasteiger partial charge in [0.2, 0.25) is 5.60 Å². The normalized spacial score (nSPS) is 35.0. The number of hydrogen-bond acceptors (Lipinski definition) is 4. The van der Waals surface area contributed by atoms with Crippen LogP contribution in [0.4, 0.5) is 0 Å². The molecule has 0 aromatic rings. The molecule has 66 valence electrons. The van der Waals surface area contributed by atoms with Crippen molar-refractivity contribution in [3.8, 4) is 0 Å². The summed E-state index contributed by atoms with van der Waals surface area (Å²) in [4.78, 5) is 14.8. The van der Waals surface area contributed by atoms with Crippen molar-refractivity contribution < 1.29 is 14.3 Å². The lowest BCUT2D eigenvalue weighted by Crippen LogP contribution is -2.45. The summed E-state index contributed by atoms with van der Waals surface area (Å²) in [5.41, 5.74) is 4.40. The molecule has 1 saturated heterocycles. The van der Waals surface area contributed by atoms with Gasteiger partial charge in [-0.3, -0.25) is 4.79 Å². The number of rotatable bonds is 0. The molecule has 2 aliphatic rings. The SMILES string of the molecule is NC1=NC(=O)C2(CCCOC2)O1. The maximum atomic E-state index is 11.3. The van der Waals surface area contributed by atoms with E-state index in [1.165, 1.54) is 0 Å². The molecule has 2 N–H and O–H groups in total. The summed E-state index contributed by atoms with van der Waals surface area (Å²) >= 11 is 0. The third-order valence-corrected chi connectivity index (χ3v) is 2.11. The van der Waals surface area contributed by atoms with E-state index in [4.69, 9.17) is 15.2 Å². The molecule has 1 atom stereocenters. The fraction of sp³-hybridized carbons (Fsp3) is 0.714. The monoisotopic (exact) mass is 170 g/mol. The summed E-state index contributed by atoms with van der Waals surface area (Å²) < 4.78 is 10.3. The molecule has 2 rings (SSSR count). The number of carbonyl (C=O) groups is 1. The van der Waals surface area contributed by atoms with Gasteiger partial charge in [0.05, 0.1) is 6.61 Å². The molecular weight excluding hydrogens is 160 g/mol. The standard InChI is InChI=1S/C7H10N2O3/c8-6-9-5(10)7(12-6)2-1-3-11-4-7/h1-4H2,(H2,8,9,10). The first kappa shape index (κ1) is 7.54. The van der Waals surface area contributed by atoms with Crippen LogP contribution in [0.25, 0.3) is 0 Å². The molecule has 5 heteroatoms. The lowest BCUT2D eigenvalue weighted by atomic mass is 9.96. The van der Waals surface area contributed by atoms with Gasteiger partial charge in [0, 0.05) is 13.0 Å². The minimum absolute atomic E-state index is 0.0366. The summed E-state index contributed by atoms with van der Waals surface area (Å²) in [7, 11) is 0. The van der Waals surface area contributed by atoms with Gasteiger partial charge in [-0.05, 0) is 6.42 Å². The average Bonchev–Trinajstić information content (AvgIpc) is 2.29. The number of nitrogens with two attached hydrogens (primary N) is 1. The van der Waals surface area contributed by atoms with Crippen LogP contribution in [0, 0.1) is 0 Å². The second-order valence-electron chi connectivity index (χ2n) is 3.01. The number of amidine groups is 1. The smallest absolute Gasteiger partial charge is 0.296 e. The van der Waals surface area contributed by atoms with Crippen molar-refractivity contribution in [2.24, 2.45) is 10.7 Å². The molecule has 1 amide bonds. The van der Waals surface area contributed by atoms with E-state index in [1.54, 1.807) is 0 Å². The van der Waals surface area contributed by atoms with Crippen LogP contribution in [-0.2, 0) is 14.3 Å². The predicted octanol–water partition coefficient (Wildman–Crippen LogP) is -0.593. The van der Waals surface area contributed by atoms with Gasteiger partial charge >= 0.3 is 0 Å². The fourth-order valence-corrected chi connectivity index (χ4v) is 1.49. The van der Waals surface area contributed by atoms with Crippen LogP contribution in [-0.4, -0.2) is 30.7 Å². The number of nitrogens with zero attached hydrogens (tertiary/aromatic N) is 1. The molecule has 0 aromatic heterocycles. The summed E-state index contributed by atoms with van der Waals surface area (Å²) in [6.45, 7) is 0.953. The third kappa shape index (κ3) is 0.972. The van der Waals surface area contributed by atoms with Crippen molar-refractivity contribution in [2.75, 3.05) is 13.2 Å². The average molecular weight is 170 g/mol. The number of hydrogen-bond donors (Lipinski definition) is 1. The lowest BCUT2D eigenvalue weighted by molar-refractivity contribution is -0.142. The molecule has 0 aliphatic carbocycles. The molecule has 1 unspecified atom stereocenters. The van der Waals surface area contributed by atoms with Crippen LogP contribution < -0.4 is 5.73 Å². The second kappa shape index (κ2) is 2.45. The van der Waals surface area contributed by atoms with Crippen molar-refractivity contribution in [1.29, 1.82) is 0 Å². The fourth-order valence-electron chi connectivity index (χ4n) is 1.49. The van der Waals surface area contributed by atoms with E-state index in [0.29, 0.717) is 13.0 Å². The molecular formula is C7H10N2O3. The van der Waals surface area contributed by atoms with Crippen LogP contribution in [0.5, 0.6) is 0 Å². The van der Waals surface area contributed by atoms with E-state index >= 15 is 0 Å². The molecule has 2 heterocycles. The molecule has 12 heavy (non-hydrogen) atoms. The first-order valence-corrected chi connectivity index (χ1v) is 3.88. The zero-order valence-electron chi connectivity index (χ0n) is 6.58. The van der Waals surface area contributed by atoms with Gasteiger partial charge in [0.1, 0.15) is 0 Å². The summed E-state index contributed by atoms with van der Waals surface area (Å²) in [6, 6.07) is -0.0366. The molecule has 2 aliphatic heterocycles. The van der Waals surface area contributed by atoms with E-state index in [9.17, 15) is 4.79 Å². The number of ether oxygens (including phenoxy) is 2. The van der Waals surface area contributed by atoms with Gasteiger partial charge in [0.15, 0.2) is 0 Å². The Morgan fingerprint density at radius 2 is 2.42 bits per heavy atom. The summed E-state index contributed by atoms with van der Waals surface area (Å²) in [5.74, 6) is -0.306. The minimum Gasteiger partial charge on any atom is -0.446 e. The van der Waals surface area contributed by atoms with E-state index in [1.807, 2.05) is 0 Å². The van der Waals surface area contributed by atoms with E-state index in [0.717, 1.165) is 6.42 Å². The van der Waals surface area contributed by atoms with Gasteiger partial charge in [-0.15, -0.1) is 0 Å². The maximum absolute atomic E-state index is 11.3. The van der Waals surface area contributed by atoms with Crippen molar-refractivity contribution in [1.82, 2.24) is 0 Å². The van der Waals surface area contributed by atoms with Gasteiger partial charge in [0.25, 0.3) is 11.9 Å². The quantitative estimate of drug-likeness (QED) is 0.527.